The lowest BCUT2D eigenvalue weighted by Crippen LogP contribution is -2.31. The molecule has 1 aromatic rings. The van der Waals surface area contributed by atoms with Crippen LogP contribution in [0.4, 0.5) is 11.5 Å². The zero-order valence-corrected chi connectivity index (χ0v) is 9.37. The van der Waals surface area contributed by atoms with E-state index in [9.17, 15) is 0 Å². The zero-order chi connectivity index (χ0) is 10.7. The second-order valence-corrected chi connectivity index (χ2v) is 4.43. The molecular weight excluding hydrogens is 188 g/mol. The summed E-state index contributed by atoms with van der Waals surface area (Å²) >= 11 is 0. The van der Waals surface area contributed by atoms with E-state index in [4.69, 9.17) is 5.73 Å². The number of H-pyrrole nitrogens is 1. The van der Waals surface area contributed by atoms with Crippen molar-refractivity contribution in [3.63, 3.8) is 0 Å². The Hall–Kier alpha value is -1.19. The minimum atomic E-state index is 0.632. The van der Waals surface area contributed by atoms with Crippen LogP contribution in [0, 0.1) is 0 Å². The van der Waals surface area contributed by atoms with Crippen molar-refractivity contribution in [2.24, 2.45) is 0 Å². The van der Waals surface area contributed by atoms with Gasteiger partial charge < -0.3 is 10.6 Å². The maximum atomic E-state index is 5.83. The number of nitrogens with one attached hydrogen (secondary N) is 1. The first-order valence-corrected chi connectivity index (χ1v) is 5.80. The summed E-state index contributed by atoms with van der Waals surface area (Å²) in [6, 6.07) is 0.632. The molecule has 1 saturated carbocycles. The normalized spacial score (nSPS) is 18.7. The van der Waals surface area contributed by atoms with Crippen molar-refractivity contribution in [3.05, 3.63) is 6.20 Å². The molecule has 4 heteroatoms. The van der Waals surface area contributed by atoms with Crippen molar-refractivity contribution in [3.8, 4) is 0 Å². The van der Waals surface area contributed by atoms with Gasteiger partial charge in [-0.05, 0) is 12.8 Å². The molecular formula is C11H20N4. The van der Waals surface area contributed by atoms with Gasteiger partial charge in [0.05, 0.1) is 11.9 Å². The van der Waals surface area contributed by atoms with Gasteiger partial charge in [0.1, 0.15) is 5.82 Å². The summed E-state index contributed by atoms with van der Waals surface area (Å²) < 4.78 is 0. The van der Waals surface area contributed by atoms with Crippen LogP contribution in [0.5, 0.6) is 0 Å². The van der Waals surface area contributed by atoms with E-state index in [0.29, 0.717) is 11.9 Å². The molecule has 0 unspecified atom stereocenters. The highest BCUT2D eigenvalue weighted by Crippen LogP contribution is 2.27. The third-order valence-electron chi connectivity index (χ3n) is 3.40. The van der Waals surface area contributed by atoms with Gasteiger partial charge in [-0.3, -0.25) is 5.10 Å². The smallest absolute Gasteiger partial charge is 0.142 e. The Bertz CT molecular complexity index is 299. The third kappa shape index (κ3) is 2.25. The van der Waals surface area contributed by atoms with Crippen LogP contribution in [0.3, 0.4) is 0 Å². The number of aromatic amines is 1. The van der Waals surface area contributed by atoms with Crippen molar-refractivity contribution in [1.82, 2.24) is 10.2 Å². The number of hydrogen-bond acceptors (Lipinski definition) is 3. The fraction of sp³-hybridized carbons (Fsp3) is 0.727. The standard InChI is InChI=1S/C11H20N4/c1-15(10-8-13-14-11(10)12)9-6-4-2-3-5-7-9/h8-9H,2-7H2,1H3,(H3,12,13,14). The predicted octanol–water partition coefficient (Wildman–Crippen LogP) is 2.15. The van der Waals surface area contributed by atoms with Gasteiger partial charge in [-0.1, -0.05) is 25.7 Å². The van der Waals surface area contributed by atoms with Crippen LogP contribution in [0.15, 0.2) is 6.20 Å². The Labute approximate surface area is 90.8 Å². The van der Waals surface area contributed by atoms with E-state index in [1.165, 1.54) is 38.5 Å². The van der Waals surface area contributed by atoms with Crippen molar-refractivity contribution < 1.29 is 0 Å². The molecule has 0 atom stereocenters. The number of nitrogens with zero attached hydrogens (tertiary/aromatic N) is 2. The average molecular weight is 208 g/mol. The fourth-order valence-corrected chi connectivity index (χ4v) is 2.41. The molecule has 1 aromatic heterocycles. The quantitative estimate of drug-likeness (QED) is 0.732. The zero-order valence-electron chi connectivity index (χ0n) is 9.37. The van der Waals surface area contributed by atoms with Crippen LogP contribution >= 0.6 is 0 Å². The third-order valence-corrected chi connectivity index (χ3v) is 3.40. The van der Waals surface area contributed by atoms with Gasteiger partial charge >= 0.3 is 0 Å². The largest absolute Gasteiger partial charge is 0.382 e. The number of aromatic nitrogens is 2. The number of rotatable bonds is 2. The van der Waals surface area contributed by atoms with E-state index in [2.05, 4.69) is 22.1 Å². The van der Waals surface area contributed by atoms with Gasteiger partial charge in [-0.25, -0.2) is 0 Å². The maximum Gasteiger partial charge on any atom is 0.142 e. The molecule has 1 aliphatic rings. The minimum Gasteiger partial charge on any atom is -0.382 e. The predicted molar refractivity (Wildman–Crippen MR) is 62.9 cm³/mol. The van der Waals surface area contributed by atoms with Crippen LogP contribution in [-0.4, -0.2) is 23.3 Å². The molecule has 0 spiro atoms. The van der Waals surface area contributed by atoms with E-state index in [1.54, 1.807) is 0 Å². The van der Waals surface area contributed by atoms with Crippen LogP contribution in [0.25, 0.3) is 0 Å². The molecule has 1 heterocycles. The van der Waals surface area contributed by atoms with E-state index < -0.39 is 0 Å². The number of nitrogen functional groups attached to an aromatic ring is 1. The molecule has 0 aliphatic heterocycles. The monoisotopic (exact) mass is 208 g/mol. The Kier molecular flexibility index (Phi) is 3.14. The Morgan fingerprint density at radius 1 is 1.33 bits per heavy atom. The van der Waals surface area contributed by atoms with Gasteiger partial charge in [0.15, 0.2) is 0 Å². The minimum absolute atomic E-state index is 0.632. The Morgan fingerprint density at radius 2 is 2.00 bits per heavy atom. The second kappa shape index (κ2) is 4.55. The molecule has 3 N–H and O–H groups in total. The highest BCUT2D eigenvalue weighted by atomic mass is 15.2. The second-order valence-electron chi connectivity index (χ2n) is 4.43. The van der Waals surface area contributed by atoms with Crippen LogP contribution in [-0.2, 0) is 0 Å². The van der Waals surface area contributed by atoms with E-state index in [1.807, 2.05) is 6.20 Å². The van der Waals surface area contributed by atoms with Crippen LogP contribution in [0.1, 0.15) is 38.5 Å². The van der Waals surface area contributed by atoms with Crippen molar-refractivity contribution in [2.75, 3.05) is 17.7 Å². The lowest BCUT2D eigenvalue weighted by Gasteiger charge is -2.28. The van der Waals surface area contributed by atoms with Crippen LogP contribution < -0.4 is 10.6 Å². The molecule has 84 valence electrons. The van der Waals surface area contributed by atoms with E-state index >= 15 is 0 Å². The summed E-state index contributed by atoms with van der Waals surface area (Å²) in [7, 11) is 2.12. The molecule has 2 rings (SSSR count). The van der Waals surface area contributed by atoms with Crippen LogP contribution in [0.2, 0.25) is 0 Å². The molecule has 0 amide bonds. The highest BCUT2D eigenvalue weighted by Gasteiger charge is 2.19. The summed E-state index contributed by atoms with van der Waals surface area (Å²) in [5, 5.41) is 6.76. The molecule has 0 radical (unpaired) electrons. The van der Waals surface area contributed by atoms with E-state index in [-0.39, 0.29) is 0 Å². The Morgan fingerprint density at radius 3 is 2.53 bits per heavy atom. The molecule has 0 aromatic carbocycles. The molecule has 4 nitrogen and oxygen atoms in total. The summed E-state index contributed by atoms with van der Waals surface area (Å²) in [6.07, 6.45) is 9.82. The van der Waals surface area contributed by atoms with Gasteiger partial charge in [-0.15, -0.1) is 0 Å². The van der Waals surface area contributed by atoms with Crippen molar-refractivity contribution >= 4 is 11.5 Å². The SMILES string of the molecule is CN(c1cn[nH]c1N)C1CCCCCC1. The number of nitrogens with two attached hydrogens (primary N) is 1. The summed E-state index contributed by atoms with van der Waals surface area (Å²) in [6.45, 7) is 0. The molecule has 1 fully saturated rings. The lowest BCUT2D eigenvalue weighted by molar-refractivity contribution is 0.553. The van der Waals surface area contributed by atoms with Gasteiger partial charge in [0.25, 0.3) is 0 Å². The lowest BCUT2D eigenvalue weighted by atomic mass is 10.1. The maximum absolute atomic E-state index is 5.83. The molecule has 0 saturated heterocycles. The van der Waals surface area contributed by atoms with Gasteiger partial charge in [0.2, 0.25) is 0 Å². The summed E-state index contributed by atoms with van der Waals surface area (Å²) in [5.74, 6) is 0.682. The fourth-order valence-electron chi connectivity index (χ4n) is 2.41. The summed E-state index contributed by atoms with van der Waals surface area (Å²) in [4.78, 5) is 2.28. The van der Waals surface area contributed by atoms with Crippen molar-refractivity contribution in [1.29, 1.82) is 0 Å². The highest BCUT2D eigenvalue weighted by molar-refractivity contribution is 5.62. The number of hydrogen-bond donors (Lipinski definition) is 2. The Balaban J connectivity index is 2.06. The first-order valence-electron chi connectivity index (χ1n) is 5.80. The molecule has 15 heavy (non-hydrogen) atoms. The first kappa shape index (κ1) is 10.3. The topological polar surface area (TPSA) is 57.9 Å². The molecule has 1 aliphatic carbocycles. The number of anilines is 2. The first-order chi connectivity index (χ1) is 7.29. The molecule has 0 bridgehead atoms. The van der Waals surface area contributed by atoms with Gasteiger partial charge in [0, 0.05) is 13.1 Å². The van der Waals surface area contributed by atoms with Gasteiger partial charge in [-0.2, -0.15) is 5.10 Å². The average Bonchev–Trinajstić information content (AvgIpc) is 2.53. The van der Waals surface area contributed by atoms with E-state index in [0.717, 1.165) is 5.69 Å². The van der Waals surface area contributed by atoms with Crippen molar-refractivity contribution in [2.45, 2.75) is 44.6 Å². The summed E-state index contributed by atoms with van der Waals surface area (Å²) in [5.41, 5.74) is 6.87.